The number of aromatic hydroxyl groups is 1. The Morgan fingerprint density at radius 2 is 2.04 bits per heavy atom. The number of nitrogens with one attached hydrogen (secondary N) is 1. The zero-order valence-corrected chi connectivity index (χ0v) is 16.2. The van der Waals surface area contributed by atoms with E-state index in [0.717, 1.165) is 0 Å². The van der Waals surface area contributed by atoms with Crippen LogP contribution < -0.4 is 21.7 Å². The van der Waals surface area contributed by atoms with Gasteiger partial charge in [-0.15, -0.1) is 0 Å². The third-order valence-electron chi connectivity index (χ3n) is 3.34. The summed E-state index contributed by atoms with van der Waals surface area (Å²) in [6, 6.07) is 1.35. The molecule has 1 aromatic carbocycles. The molecular weight excluding hydrogens is 397 g/mol. The van der Waals surface area contributed by atoms with Gasteiger partial charge >= 0.3 is 0 Å². The molecule has 6 nitrogen and oxygen atoms in total. The molecule has 0 bridgehead atoms. The minimum Gasteiger partial charge on any atom is -1.00 e. The zero-order chi connectivity index (χ0) is 17.2. The molecule has 0 aliphatic carbocycles. The molecule has 0 atom stereocenters. The van der Waals surface area contributed by atoms with Crippen LogP contribution in [-0.4, -0.2) is 23.8 Å². The van der Waals surface area contributed by atoms with Crippen molar-refractivity contribution >= 4 is 38.9 Å². The van der Waals surface area contributed by atoms with Gasteiger partial charge in [0.05, 0.1) is 30.1 Å². The SMILES string of the molecule is Cc1c(Cl)cc(NS(=O)(=O)CCCn2cc[n+](C)c2)c(O)c1Cl.[Cl-]. The summed E-state index contributed by atoms with van der Waals surface area (Å²) in [5.74, 6) is -0.410. The lowest BCUT2D eigenvalue weighted by Crippen LogP contribution is -3.00. The van der Waals surface area contributed by atoms with Crippen molar-refractivity contribution in [3.05, 3.63) is 40.4 Å². The van der Waals surface area contributed by atoms with Crippen LogP contribution in [-0.2, 0) is 23.6 Å². The van der Waals surface area contributed by atoms with Crippen LogP contribution in [0.4, 0.5) is 5.69 Å². The fraction of sp³-hybridized carbons (Fsp3) is 0.357. The molecule has 2 rings (SSSR count). The van der Waals surface area contributed by atoms with Crippen molar-refractivity contribution in [1.82, 2.24) is 4.57 Å². The molecule has 10 heteroatoms. The number of hydrogen-bond acceptors (Lipinski definition) is 3. The summed E-state index contributed by atoms with van der Waals surface area (Å²) >= 11 is 11.9. The van der Waals surface area contributed by atoms with Crippen LogP contribution in [0.1, 0.15) is 12.0 Å². The third kappa shape index (κ3) is 5.17. The maximum Gasteiger partial charge on any atom is 0.243 e. The molecule has 1 aromatic heterocycles. The van der Waals surface area contributed by atoms with E-state index in [4.69, 9.17) is 23.2 Å². The number of anilines is 1. The van der Waals surface area contributed by atoms with Gasteiger partial charge in [-0.25, -0.2) is 17.6 Å². The van der Waals surface area contributed by atoms with E-state index in [9.17, 15) is 13.5 Å². The zero-order valence-electron chi connectivity index (χ0n) is 13.1. The van der Waals surface area contributed by atoms with Crippen LogP contribution in [0.25, 0.3) is 0 Å². The molecule has 0 fully saturated rings. The average molecular weight is 415 g/mol. The molecule has 0 aliphatic rings. The van der Waals surface area contributed by atoms with Gasteiger partial charge in [-0.1, -0.05) is 23.2 Å². The van der Waals surface area contributed by atoms with E-state index in [2.05, 4.69) is 4.72 Å². The molecule has 0 aliphatic heterocycles. The minimum atomic E-state index is -3.61. The third-order valence-corrected chi connectivity index (χ3v) is 5.55. The number of aryl methyl sites for hydroxylation is 2. The predicted molar refractivity (Wildman–Crippen MR) is 90.5 cm³/mol. The Balaban J connectivity index is 0.00000288. The van der Waals surface area contributed by atoms with E-state index < -0.39 is 10.0 Å². The minimum absolute atomic E-state index is 0. The van der Waals surface area contributed by atoms with Crippen LogP contribution in [0.15, 0.2) is 24.8 Å². The Bertz CT molecular complexity index is 822. The molecule has 134 valence electrons. The number of imidazole rings is 1. The van der Waals surface area contributed by atoms with Gasteiger partial charge in [0, 0.05) is 11.4 Å². The van der Waals surface area contributed by atoms with Crippen molar-refractivity contribution in [2.75, 3.05) is 10.5 Å². The van der Waals surface area contributed by atoms with Gasteiger partial charge in [-0.2, -0.15) is 0 Å². The van der Waals surface area contributed by atoms with Crippen LogP contribution in [0.2, 0.25) is 10.0 Å². The lowest BCUT2D eigenvalue weighted by molar-refractivity contribution is -0.671. The van der Waals surface area contributed by atoms with Crippen LogP contribution in [0, 0.1) is 6.92 Å². The Labute approximate surface area is 157 Å². The highest BCUT2D eigenvalue weighted by atomic mass is 35.5. The Hall–Kier alpha value is -1.15. The molecule has 24 heavy (non-hydrogen) atoms. The average Bonchev–Trinajstić information content (AvgIpc) is 2.87. The molecule has 0 radical (unpaired) electrons. The Morgan fingerprint density at radius 3 is 2.62 bits per heavy atom. The molecule has 0 unspecified atom stereocenters. The van der Waals surface area contributed by atoms with Crippen molar-refractivity contribution < 1.29 is 30.5 Å². The topological polar surface area (TPSA) is 75.2 Å². The van der Waals surface area contributed by atoms with E-state index in [0.29, 0.717) is 18.5 Å². The summed E-state index contributed by atoms with van der Waals surface area (Å²) in [6.45, 7) is 2.21. The number of aromatic nitrogens is 2. The maximum absolute atomic E-state index is 12.1. The summed E-state index contributed by atoms with van der Waals surface area (Å²) in [5, 5.41) is 10.3. The van der Waals surface area contributed by atoms with Gasteiger partial charge < -0.3 is 17.5 Å². The molecule has 0 saturated heterocycles. The highest BCUT2D eigenvalue weighted by Crippen LogP contribution is 2.39. The Morgan fingerprint density at radius 1 is 1.38 bits per heavy atom. The summed E-state index contributed by atoms with van der Waals surface area (Å²) < 4.78 is 30.4. The molecule has 0 spiro atoms. The van der Waals surface area contributed by atoms with Crippen molar-refractivity contribution in [2.24, 2.45) is 7.05 Å². The molecule has 2 N–H and O–H groups in total. The molecule has 0 amide bonds. The van der Waals surface area contributed by atoms with Crippen molar-refractivity contribution in [2.45, 2.75) is 19.9 Å². The van der Waals surface area contributed by atoms with Gasteiger partial charge in [0.2, 0.25) is 16.4 Å². The number of rotatable bonds is 6. The first-order valence-electron chi connectivity index (χ1n) is 6.88. The molecule has 2 aromatic rings. The number of phenols is 1. The van der Waals surface area contributed by atoms with Crippen LogP contribution in [0.5, 0.6) is 5.75 Å². The maximum atomic E-state index is 12.1. The number of hydrogen-bond donors (Lipinski definition) is 2. The summed E-state index contributed by atoms with van der Waals surface area (Å²) in [5.41, 5.74) is 0.479. The predicted octanol–water partition coefficient (Wildman–Crippen LogP) is -0.531. The second-order valence-corrected chi connectivity index (χ2v) is 7.91. The number of nitrogens with zero attached hydrogens (tertiary/aromatic N) is 2. The van der Waals surface area contributed by atoms with Crippen molar-refractivity contribution in [3.63, 3.8) is 0 Å². The lowest BCUT2D eigenvalue weighted by atomic mass is 10.2. The monoisotopic (exact) mass is 413 g/mol. The highest BCUT2D eigenvalue weighted by molar-refractivity contribution is 7.92. The normalized spacial score (nSPS) is 11.2. The van der Waals surface area contributed by atoms with E-state index in [1.807, 2.05) is 34.9 Å². The number of phenolic OH excluding ortho intramolecular Hbond substituents is 1. The summed E-state index contributed by atoms with van der Waals surface area (Å²) in [4.78, 5) is 0. The van der Waals surface area contributed by atoms with Gasteiger partial charge in [-0.05, 0) is 18.6 Å². The first-order chi connectivity index (χ1) is 10.7. The second kappa shape index (κ2) is 8.29. The summed E-state index contributed by atoms with van der Waals surface area (Å²) in [7, 11) is -1.72. The van der Waals surface area contributed by atoms with Gasteiger partial charge in [0.1, 0.15) is 12.4 Å². The van der Waals surface area contributed by atoms with Gasteiger partial charge in [0.15, 0.2) is 5.75 Å². The van der Waals surface area contributed by atoms with Gasteiger partial charge in [0.25, 0.3) is 0 Å². The number of benzene rings is 1. The van der Waals surface area contributed by atoms with Gasteiger partial charge in [-0.3, -0.25) is 4.72 Å². The van der Waals surface area contributed by atoms with E-state index in [1.54, 1.807) is 6.92 Å². The first kappa shape index (κ1) is 20.9. The van der Waals surface area contributed by atoms with E-state index in [1.165, 1.54) is 6.07 Å². The van der Waals surface area contributed by atoms with Crippen LogP contribution >= 0.6 is 23.2 Å². The fourth-order valence-corrected chi connectivity index (χ4v) is 3.63. The number of sulfonamides is 1. The van der Waals surface area contributed by atoms with Crippen molar-refractivity contribution in [3.8, 4) is 5.75 Å². The smallest absolute Gasteiger partial charge is 0.243 e. The molecule has 1 heterocycles. The Kier molecular flexibility index (Phi) is 7.22. The quantitative estimate of drug-likeness (QED) is 0.493. The molecule has 0 saturated carbocycles. The standard InChI is InChI=1S/C14H17Cl2N3O3S.ClH/c1-10-11(15)8-12(14(20)13(10)16)17-23(21,22)7-3-4-19-6-5-18(2)9-19;/h5-6,8-9,17H,3-4,7H2,1-2H3;1H. The number of halogens is 3. The highest BCUT2D eigenvalue weighted by Gasteiger charge is 2.18. The largest absolute Gasteiger partial charge is 1.00 e. The second-order valence-electron chi connectivity index (χ2n) is 5.28. The first-order valence-corrected chi connectivity index (χ1v) is 9.29. The van der Waals surface area contributed by atoms with Crippen LogP contribution in [0.3, 0.4) is 0 Å². The van der Waals surface area contributed by atoms with E-state index in [-0.39, 0.29) is 39.6 Å². The molecular formula is C14H18Cl3N3O3S. The van der Waals surface area contributed by atoms with Crippen molar-refractivity contribution in [1.29, 1.82) is 0 Å². The summed E-state index contributed by atoms with van der Waals surface area (Å²) in [6.07, 6.45) is 6.04. The fourth-order valence-electron chi connectivity index (χ4n) is 2.07. The lowest BCUT2D eigenvalue weighted by Gasteiger charge is -2.12. The van der Waals surface area contributed by atoms with E-state index >= 15 is 0 Å².